The number of hydrogen-bond acceptors (Lipinski definition) is 2. The highest BCUT2D eigenvalue weighted by Crippen LogP contribution is 2.42. The number of carbonyl (C=O) groups excluding carboxylic acids is 1. The molecule has 22 heavy (non-hydrogen) atoms. The Morgan fingerprint density at radius 1 is 1.27 bits per heavy atom. The molecule has 1 amide bonds. The van der Waals surface area contributed by atoms with E-state index < -0.39 is 0 Å². The molecule has 0 radical (unpaired) electrons. The van der Waals surface area contributed by atoms with Gasteiger partial charge in [0.2, 0.25) is 5.91 Å². The molecule has 1 N–H and O–H groups in total. The highest BCUT2D eigenvalue weighted by molar-refractivity contribution is 5.87. The molecule has 0 spiro atoms. The van der Waals surface area contributed by atoms with Crippen LogP contribution in [0.5, 0.6) is 0 Å². The second-order valence-electron chi connectivity index (χ2n) is 6.44. The molecule has 1 aliphatic heterocycles. The Morgan fingerprint density at radius 2 is 2.14 bits per heavy atom. The van der Waals surface area contributed by atoms with E-state index in [4.69, 9.17) is 4.74 Å². The van der Waals surface area contributed by atoms with Crippen LogP contribution in [-0.2, 0) is 16.0 Å². The Kier molecular flexibility index (Phi) is 5.28. The summed E-state index contributed by atoms with van der Waals surface area (Å²) in [5.74, 6) is 1.28. The molecule has 1 aromatic rings. The third kappa shape index (κ3) is 4.70. The fourth-order valence-corrected chi connectivity index (χ4v) is 3.11. The van der Waals surface area contributed by atoms with Gasteiger partial charge in [-0.1, -0.05) is 36.4 Å². The molecule has 3 rings (SSSR count). The first-order chi connectivity index (χ1) is 10.8. The van der Waals surface area contributed by atoms with Crippen molar-refractivity contribution in [3.05, 3.63) is 48.0 Å². The molecule has 3 atom stereocenters. The minimum atomic E-state index is 0.0135. The standard InChI is InChI=1S/C19H25NO2/c21-19(20-14-18-8-4-5-11-22-18)10-9-16-13-17(16)12-15-6-2-1-3-7-15/h1-3,6-7,9-10,16-18H,4-5,8,11-14H2,(H,20,21)/b10-9+. The smallest absolute Gasteiger partial charge is 0.243 e. The Bertz CT molecular complexity index is 505. The van der Waals surface area contributed by atoms with Crippen molar-refractivity contribution in [2.24, 2.45) is 11.8 Å². The molecular weight excluding hydrogens is 274 g/mol. The van der Waals surface area contributed by atoms with Crippen molar-refractivity contribution in [1.29, 1.82) is 0 Å². The summed E-state index contributed by atoms with van der Waals surface area (Å²) in [5.41, 5.74) is 1.39. The SMILES string of the molecule is O=C(/C=C/C1CC1Cc1ccccc1)NCC1CCCCO1. The van der Waals surface area contributed by atoms with Crippen LogP contribution in [0.1, 0.15) is 31.2 Å². The summed E-state index contributed by atoms with van der Waals surface area (Å²) in [7, 11) is 0. The van der Waals surface area contributed by atoms with Crippen molar-refractivity contribution in [3.63, 3.8) is 0 Å². The lowest BCUT2D eigenvalue weighted by atomic mass is 10.1. The lowest BCUT2D eigenvalue weighted by Crippen LogP contribution is -2.34. The summed E-state index contributed by atoms with van der Waals surface area (Å²) >= 11 is 0. The Labute approximate surface area is 132 Å². The predicted octanol–water partition coefficient (Wildman–Crippen LogP) is 3.11. The monoisotopic (exact) mass is 299 g/mol. The van der Waals surface area contributed by atoms with E-state index in [-0.39, 0.29) is 12.0 Å². The quantitative estimate of drug-likeness (QED) is 0.820. The fraction of sp³-hybridized carbons (Fsp3) is 0.526. The fourth-order valence-electron chi connectivity index (χ4n) is 3.11. The number of benzene rings is 1. The number of nitrogens with one attached hydrogen (secondary N) is 1. The summed E-state index contributed by atoms with van der Waals surface area (Å²) < 4.78 is 5.61. The lowest BCUT2D eigenvalue weighted by Gasteiger charge is -2.22. The van der Waals surface area contributed by atoms with Crippen LogP contribution in [0.3, 0.4) is 0 Å². The zero-order chi connectivity index (χ0) is 15.2. The van der Waals surface area contributed by atoms with Gasteiger partial charge in [0.1, 0.15) is 0 Å². The van der Waals surface area contributed by atoms with E-state index in [1.165, 1.54) is 18.4 Å². The van der Waals surface area contributed by atoms with Crippen molar-refractivity contribution in [2.75, 3.05) is 13.2 Å². The summed E-state index contributed by atoms with van der Waals surface area (Å²) in [6.07, 6.45) is 9.72. The van der Waals surface area contributed by atoms with Crippen LogP contribution >= 0.6 is 0 Å². The molecular formula is C19H25NO2. The maximum Gasteiger partial charge on any atom is 0.243 e. The van der Waals surface area contributed by atoms with Crippen molar-refractivity contribution in [2.45, 2.75) is 38.2 Å². The van der Waals surface area contributed by atoms with E-state index in [0.717, 1.165) is 25.9 Å². The maximum atomic E-state index is 11.8. The molecule has 1 aromatic carbocycles. The van der Waals surface area contributed by atoms with Crippen molar-refractivity contribution in [3.8, 4) is 0 Å². The minimum absolute atomic E-state index is 0.0135. The van der Waals surface area contributed by atoms with Gasteiger partial charge in [-0.25, -0.2) is 0 Å². The molecule has 3 heteroatoms. The van der Waals surface area contributed by atoms with Crippen LogP contribution in [0.25, 0.3) is 0 Å². The van der Waals surface area contributed by atoms with Crippen LogP contribution in [0.15, 0.2) is 42.5 Å². The largest absolute Gasteiger partial charge is 0.376 e. The first-order valence-corrected chi connectivity index (χ1v) is 8.43. The van der Waals surface area contributed by atoms with E-state index in [2.05, 4.69) is 35.7 Å². The van der Waals surface area contributed by atoms with Crippen LogP contribution in [0.2, 0.25) is 0 Å². The normalized spacial score (nSPS) is 27.7. The van der Waals surface area contributed by atoms with Crippen molar-refractivity contribution in [1.82, 2.24) is 5.32 Å². The predicted molar refractivity (Wildman–Crippen MR) is 87.5 cm³/mol. The zero-order valence-electron chi connectivity index (χ0n) is 13.0. The van der Waals surface area contributed by atoms with Crippen molar-refractivity contribution < 1.29 is 9.53 Å². The van der Waals surface area contributed by atoms with Gasteiger partial charge in [0.25, 0.3) is 0 Å². The topological polar surface area (TPSA) is 38.3 Å². The zero-order valence-corrected chi connectivity index (χ0v) is 13.0. The van der Waals surface area contributed by atoms with Gasteiger partial charge in [0, 0.05) is 13.2 Å². The molecule has 1 saturated heterocycles. The Morgan fingerprint density at radius 3 is 2.91 bits per heavy atom. The van der Waals surface area contributed by atoms with E-state index in [9.17, 15) is 4.79 Å². The molecule has 1 saturated carbocycles. The highest BCUT2D eigenvalue weighted by atomic mass is 16.5. The minimum Gasteiger partial charge on any atom is -0.376 e. The molecule has 3 nitrogen and oxygen atoms in total. The molecule has 2 aliphatic rings. The lowest BCUT2D eigenvalue weighted by molar-refractivity contribution is -0.117. The van der Waals surface area contributed by atoms with Gasteiger partial charge in [-0.15, -0.1) is 0 Å². The van der Waals surface area contributed by atoms with Gasteiger partial charge in [-0.3, -0.25) is 4.79 Å². The average molecular weight is 299 g/mol. The number of carbonyl (C=O) groups is 1. The average Bonchev–Trinajstić information content (AvgIpc) is 3.31. The third-order valence-corrected chi connectivity index (χ3v) is 4.59. The summed E-state index contributed by atoms with van der Waals surface area (Å²) in [6.45, 7) is 1.47. The highest BCUT2D eigenvalue weighted by Gasteiger charge is 2.34. The molecule has 118 valence electrons. The van der Waals surface area contributed by atoms with Crippen LogP contribution in [0, 0.1) is 11.8 Å². The molecule has 3 unspecified atom stereocenters. The molecule has 1 heterocycles. The second kappa shape index (κ2) is 7.59. The number of hydrogen-bond donors (Lipinski definition) is 1. The van der Waals surface area contributed by atoms with Gasteiger partial charge >= 0.3 is 0 Å². The van der Waals surface area contributed by atoms with Gasteiger partial charge < -0.3 is 10.1 Å². The first kappa shape index (κ1) is 15.3. The molecule has 0 bridgehead atoms. The summed E-state index contributed by atoms with van der Waals surface area (Å²) in [6, 6.07) is 10.6. The van der Waals surface area contributed by atoms with Gasteiger partial charge in [0.15, 0.2) is 0 Å². The number of amides is 1. The van der Waals surface area contributed by atoms with Crippen molar-refractivity contribution >= 4 is 5.91 Å². The molecule has 2 fully saturated rings. The number of allylic oxidation sites excluding steroid dienone is 1. The molecule has 1 aliphatic carbocycles. The maximum absolute atomic E-state index is 11.8. The number of ether oxygens (including phenoxy) is 1. The number of rotatable bonds is 6. The van der Waals surface area contributed by atoms with Crippen LogP contribution in [-0.4, -0.2) is 25.2 Å². The van der Waals surface area contributed by atoms with E-state index in [1.807, 2.05) is 6.07 Å². The van der Waals surface area contributed by atoms with Gasteiger partial charge in [-0.05, 0) is 55.6 Å². The summed E-state index contributed by atoms with van der Waals surface area (Å²) in [4.78, 5) is 11.8. The van der Waals surface area contributed by atoms with Crippen LogP contribution in [0.4, 0.5) is 0 Å². The Hall–Kier alpha value is -1.61. The van der Waals surface area contributed by atoms with E-state index in [1.54, 1.807) is 6.08 Å². The summed E-state index contributed by atoms with van der Waals surface area (Å²) in [5, 5.41) is 2.95. The molecule has 0 aromatic heterocycles. The third-order valence-electron chi connectivity index (χ3n) is 4.59. The van der Waals surface area contributed by atoms with Gasteiger partial charge in [0.05, 0.1) is 6.10 Å². The Balaban J connectivity index is 1.34. The van der Waals surface area contributed by atoms with E-state index >= 15 is 0 Å². The van der Waals surface area contributed by atoms with Crippen LogP contribution < -0.4 is 5.32 Å². The second-order valence-corrected chi connectivity index (χ2v) is 6.44. The first-order valence-electron chi connectivity index (χ1n) is 8.43. The van der Waals surface area contributed by atoms with E-state index in [0.29, 0.717) is 18.4 Å². The van der Waals surface area contributed by atoms with Gasteiger partial charge in [-0.2, -0.15) is 0 Å².